The minimum absolute atomic E-state index is 0.424. The first-order valence-electron chi connectivity index (χ1n) is 6.17. The Morgan fingerprint density at radius 3 is 2.84 bits per heavy atom. The molecule has 0 bridgehead atoms. The average Bonchev–Trinajstić information content (AvgIpc) is 2.40. The Bertz CT molecular complexity index is 558. The Hall–Kier alpha value is -1.58. The highest BCUT2D eigenvalue weighted by atomic mass is 35.5. The van der Waals surface area contributed by atoms with Crippen molar-refractivity contribution in [1.29, 1.82) is 0 Å². The number of aromatic nitrogens is 1. The molecule has 0 unspecified atom stereocenters. The standard InChI is InChI=1S/C15H17ClN2O/c1-11-5-4-8-18-14(11)10-19-15-12(9-17-2)6-3-7-13(15)16/h3-8,17H,9-10H2,1-2H3. The van der Waals surface area contributed by atoms with E-state index in [1.54, 1.807) is 6.20 Å². The van der Waals surface area contributed by atoms with E-state index >= 15 is 0 Å². The highest BCUT2D eigenvalue weighted by Crippen LogP contribution is 2.29. The number of para-hydroxylation sites is 1. The van der Waals surface area contributed by atoms with Gasteiger partial charge in [-0.05, 0) is 31.7 Å². The second kappa shape index (κ2) is 6.55. The van der Waals surface area contributed by atoms with Crippen molar-refractivity contribution in [3.63, 3.8) is 0 Å². The molecule has 19 heavy (non-hydrogen) atoms. The van der Waals surface area contributed by atoms with Crippen molar-refractivity contribution >= 4 is 11.6 Å². The third kappa shape index (κ3) is 3.46. The molecular weight excluding hydrogens is 260 g/mol. The minimum Gasteiger partial charge on any atom is -0.485 e. The summed E-state index contributed by atoms with van der Waals surface area (Å²) in [5.41, 5.74) is 3.09. The van der Waals surface area contributed by atoms with Gasteiger partial charge in [-0.3, -0.25) is 4.98 Å². The lowest BCUT2D eigenvalue weighted by atomic mass is 10.2. The van der Waals surface area contributed by atoms with E-state index in [-0.39, 0.29) is 0 Å². The van der Waals surface area contributed by atoms with Crippen molar-refractivity contribution in [2.75, 3.05) is 7.05 Å². The quantitative estimate of drug-likeness (QED) is 0.909. The number of halogens is 1. The maximum Gasteiger partial charge on any atom is 0.142 e. The molecule has 0 saturated heterocycles. The molecular formula is C15H17ClN2O. The second-order valence-electron chi connectivity index (χ2n) is 4.31. The highest BCUT2D eigenvalue weighted by Gasteiger charge is 2.09. The molecule has 100 valence electrons. The van der Waals surface area contributed by atoms with Crippen LogP contribution in [-0.4, -0.2) is 12.0 Å². The predicted octanol–water partition coefficient (Wildman–Crippen LogP) is 3.34. The van der Waals surface area contributed by atoms with Gasteiger partial charge in [0.25, 0.3) is 0 Å². The lowest BCUT2D eigenvalue weighted by Crippen LogP contribution is -2.08. The fraction of sp³-hybridized carbons (Fsp3) is 0.267. The summed E-state index contributed by atoms with van der Waals surface area (Å²) in [4.78, 5) is 4.31. The number of nitrogens with zero attached hydrogens (tertiary/aromatic N) is 1. The van der Waals surface area contributed by atoms with E-state index in [2.05, 4.69) is 10.3 Å². The lowest BCUT2D eigenvalue weighted by Gasteiger charge is -2.13. The molecule has 0 saturated carbocycles. The number of rotatable bonds is 5. The molecule has 0 spiro atoms. The van der Waals surface area contributed by atoms with Crippen molar-refractivity contribution < 1.29 is 4.74 Å². The largest absolute Gasteiger partial charge is 0.485 e. The number of benzene rings is 1. The molecule has 1 N–H and O–H groups in total. The number of aryl methyl sites for hydroxylation is 1. The van der Waals surface area contributed by atoms with E-state index in [4.69, 9.17) is 16.3 Å². The highest BCUT2D eigenvalue weighted by molar-refractivity contribution is 6.32. The summed E-state index contributed by atoms with van der Waals surface area (Å²) in [5, 5.41) is 3.73. The van der Waals surface area contributed by atoms with Gasteiger partial charge in [0.2, 0.25) is 0 Å². The molecule has 0 amide bonds. The van der Waals surface area contributed by atoms with Gasteiger partial charge < -0.3 is 10.1 Å². The van der Waals surface area contributed by atoms with E-state index in [1.165, 1.54) is 0 Å². The van der Waals surface area contributed by atoms with E-state index in [0.717, 1.165) is 29.1 Å². The van der Waals surface area contributed by atoms with E-state index in [0.29, 0.717) is 11.6 Å². The summed E-state index contributed by atoms with van der Waals surface area (Å²) in [5.74, 6) is 0.726. The molecule has 4 heteroatoms. The van der Waals surface area contributed by atoms with Crippen LogP contribution in [0.3, 0.4) is 0 Å². The van der Waals surface area contributed by atoms with Crippen LogP contribution in [0.5, 0.6) is 5.75 Å². The maximum atomic E-state index is 6.20. The van der Waals surface area contributed by atoms with Crippen molar-refractivity contribution in [2.45, 2.75) is 20.1 Å². The summed E-state index contributed by atoms with van der Waals surface area (Å²) in [7, 11) is 1.90. The van der Waals surface area contributed by atoms with Crippen molar-refractivity contribution in [2.24, 2.45) is 0 Å². The minimum atomic E-state index is 0.424. The molecule has 1 aromatic carbocycles. The van der Waals surface area contributed by atoms with Crippen LogP contribution < -0.4 is 10.1 Å². The van der Waals surface area contributed by atoms with Gasteiger partial charge in [0.1, 0.15) is 12.4 Å². The molecule has 0 fully saturated rings. The molecule has 0 aliphatic heterocycles. The van der Waals surface area contributed by atoms with Gasteiger partial charge in [-0.2, -0.15) is 0 Å². The van der Waals surface area contributed by atoms with Crippen LogP contribution in [0, 0.1) is 6.92 Å². The van der Waals surface area contributed by atoms with E-state index in [1.807, 2.05) is 44.3 Å². The zero-order valence-electron chi connectivity index (χ0n) is 11.1. The first kappa shape index (κ1) is 13.8. The zero-order valence-corrected chi connectivity index (χ0v) is 11.9. The molecule has 0 atom stereocenters. The Morgan fingerprint density at radius 2 is 2.11 bits per heavy atom. The first-order valence-corrected chi connectivity index (χ1v) is 6.55. The van der Waals surface area contributed by atoms with Gasteiger partial charge in [0, 0.05) is 18.3 Å². The monoisotopic (exact) mass is 276 g/mol. The summed E-state index contributed by atoms with van der Waals surface area (Å²) in [6.45, 7) is 3.16. The predicted molar refractivity (Wildman–Crippen MR) is 77.5 cm³/mol. The second-order valence-corrected chi connectivity index (χ2v) is 4.72. The van der Waals surface area contributed by atoms with Crippen LogP contribution in [0.2, 0.25) is 5.02 Å². The Kier molecular flexibility index (Phi) is 4.77. The number of hydrogen-bond donors (Lipinski definition) is 1. The fourth-order valence-electron chi connectivity index (χ4n) is 1.85. The number of hydrogen-bond acceptors (Lipinski definition) is 3. The van der Waals surface area contributed by atoms with Crippen LogP contribution in [-0.2, 0) is 13.2 Å². The molecule has 2 aromatic rings. The van der Waals surface area contributed by atoms with E-state index in [9.17, 15) is 0 Å². The Balaban J connectivity index is 2.17. The fourth-order valence-corrected chi connectivity index (χ4v) is 2.10. The summed E-state index contributed by atoms with van der Waals surface area (Å²) in [6, 6.07) is 9.70. The summed E-state index contributed by atoms with van der Waals surface area (Å²) < 4.78 is 5.85. The van der Waals surface area contributed by atoms with Gasteiger partial charge in [-0.25, -0.2) is 0 Å². The molecule has 1 aromatic heterocycles. The van der Waals surface area contributed by atoms with Crippen LogP contribution in [0.15, 0.2) is 36.5 Å². The summed E-state index contributed by atoms with van der Waals surface area (Å²) in [6.07, 6.45) is 1.77. The zero-order chi connectivity index (χ0) is 13.7. The third-order valence-corrected chi connectivity index (χ3v) is 3.18. The SMILES string of the molecule is CNCc1cccc(Cl)c1OCc1ncccc1C. The Morgan fingerprint density at radius 1 is 1.26 bits per heavy atom. The normalized spacial score (nSPS) is 10.5. The lowest BCUT2D eigenvalue weighted by molar-refractivity contribution is 0.297. The van der Waals surface area contributed by atoms with Crippen molar-refractivity contribution in [3.05, 3.63) is 58.4 Å². The maximum absolute atomic E-state index is 6.20. The third-order valence-electron chi connectivity index (χ3n) is 2.89. The number of ether oxygens (including phenoxy) is 1. The van der Waals surface area contributed by atoms with Gasteiger partial charge >= 0.3 is 0 Å². The van der Waals surface area contributed by atoms with Crippen LogP contribution in [0.25, 0.3) is 0 Å². The van der Waals surface area contributed by atoms with Crippen molar-refractivity contribution in [1.82, 2.24) is 10.3 Å². The average molecular weight is 277 g/mol. The van der Waals surface area contributed by atoms with Crippen LogP contribution >= 0.6 is 11.6 Å². The molecule has 3 nitrogen and oxygen atoms in total. The molecule has 0 radical (unpaired) electrons. The molecule has 2 rings (SSSR count). The van der Waals surface area contributed by atoms with Gasteiger partial charge in [0.05, 0.1) is 10.7 Å². The number of pyridine rings is 1. The van der Waals surface area contributed by atoms with Crippen LogP contribution in [0.1, 0.15) is 16.8 Å². The van der Waals surface area contributed by atoms with Gasteiger partial charge in [-0.15, -0.1) is 0 Å². The van der Waals surface area contributed by atoms with Gasteiger partial charge in [0.15, 0.2) is 0 Å². The topological polar surface area (TPSA) is 34.1 Å². The van der Waals surface area contributed by atoms with Crippen molar-refractivity contribution in [3.8, 4) is 5.75 Å². The smallest absolute Gasteiger partial charge is 0.142 e. The Labute approximate surface area is 118 Å². The van der Waals surface area contributed by atoms with Crippen LogP contribution in [0.4, 0.5) is 0 Å². The number of nitrogens with one attached hydrogen (secondary N) is 1. The molecule has 1 heterocycles. The molecule has 0 aliphatic carbocycles. The van der Waals surface area contributed by atoms with E-state index < -0.39 is 0 Å². The first-order chi connectivity index (χ1) is 9.22. The summed E-state index contributed by atoms with van der Waals surface area (Å²) >= 11 is 6.20. The van der Waals surface area contributed by atoms with Gasteiger partial charge in [-0.1, -0.05) is 29.8 Å². The molecule has 0 aliphatic rings.